The molecule has 1 atom stereocenters. The summed E-state index contributed by atoms with van der Waals surface area (Å²) in [5.74, 6) is 0.442. The number of carbonyl (C=O) groups is 2. The lowest BCUT2D eigenvalue weighted by Crippen LogP contribution is -2.48. The van der Waals surface area contributed by atoms with E-state index >= 15 is 0 Å². The molecule has 1 aliphatic heterocycles. The van der Waals surface area contributed by atoms with Crippen molar-refractivity contribution >= 4 is 18.0 Å². The van der Waals surface area contributed by atoms with Crippen molar-refractivity contribution in [3.63, 3.8) is 0 Å². The van der Waals surface area contributed by atoms with Gasteiger partial charge in [-0.05, 0) is 40.5 Å². The average molecular weight is 366 g/mol. The number of amides is 3. The highest BCUT2D eigenvalue weighted by Gasteiger charge is 2.31. The Balaban J connectivity index is 2.05. The Morgan fingerprint density at radius 2 is 1.92 bits per heavy atom. The zero-order chi connectivity index (χ0) is 19.3. The van der Waals surface area contributed by atoms with Crippen LogP contribution in [0.15, 0.2) is 16.8 Å². The summed E-state index contributed by atoms with van der Waals surface area (Å²) in [4.78, 5) is 30.4. The Hall–Kier alpha value is -2.25. The summed E-state index contributed by atoms with van der Waals surface area (Å²) < 4.78 is 10.7. The molecule has 2 rings (SSSR count). The van der Waals surface area contributed by atoms with Crippen molar-refractivity contribution in [2.45, 2.75) is 59.1 Å². The van der Waals surface area contributed by atoms with Gasteiger partial charge in [0.15, 0.2) is 0 Å². The normalized spacial score (nSPS) is 16.8. The van der Waals surface area contributed by atoms with Gasteiger partial charge in [0.25, 0.3) is 0 Å². The van der Waals surface area contributed by atoms with Gasteiger partial charge in [-0.1, -0.05) is 12.1 Å². The Morgan fingerprint density at radius 1 is 1.27 bits per heavy atom. The van der Waals surface area contributed by atoms with Gasteiger partial charge in [0.1, 0.15) is 5.60 Å². The minimum absolute atomic E-state index is 0.0133. The van der Waals surface area contributed by atoms with Gasteiger partial charge in [-0.15, -0.1) is 0 Å². The minimum Gasteiger partial charge on any atom is -0.444 e. The van der Waals surface area contributed by atoms with Crippen LogP contribution in [0.5, 0.6) is 0 Å². The molecule has 1 aromatic heterocycles. The molecule has 1 saturated heterocycles. The van der Waals surface area contributed by atoms with Gasteiger partial charge in [-0.2, -0.15) is 0 Å². The second kappa shape index (κ2) is 8.42. The van der Waals surface area contributed by atoms with Gasteiger partial charge in [-0.3, -0.25) is 4.90 Å². The predicted octanol–water partition coefficient (Wildman–Crippen LogP) is 3.34. The molecule has 1 unspecified atom stereocenters. The maximum absolute atomic E-state index is 13.1. The molecule has 1 aromatic rings. The van der Waals surface area contributed by atoms with Crippen molar-refractivity contribution < 1.29 is 18.8 Å². The first kappa shape index (κ1) is 20.1. The van der Waals surface area contributed by atoms with E-state index in [2.05, 4.69) is 5.16 Å². The molecule has 3 amide bonds. The van der Waals surface area contributed by atoms with Gasteiger partial charge in [0.2, 0.25) is 5.88 Å². The molecular formula is C18H30N4O4. The third kappa shape index (κ3) is 5.12. The molecule has 8 nitrogen and oxygen atoms in total. The largest absolute Gasteiger partial charge is 0.444 e. The number of carbonyl (C=O) groups excluding carboxylic acids is 2. The van der Waals surface area contributed by atoms with Crippen LogP contribution < -0.4 is 4.90 Å². The van der Waals surface area contributed by atoms with E-state index in [0.717, 1.165) is 6.42 Å². The van der Waals surface area contributed by atoms with Gasteiger partial charge >= 0.3 is 12.1 Å². The van der Waals surface area contributed by atoms with Crippen molar-refractivity contribution in [1.29, 1.82) is 0 Å². The number of urea groups is 1. The van der Waals surface area contributed by atoms with Crippen LogP contribution in [0.4, 0.5) is 15.5 Å². The SMILES string of the molecule is CCC(C)N(C(=O)N1CCCN(C(=O)OC(C)(C)C)CC1)c1ccno1. The molecule has 0 aromatic carbocycles. The Bertz CT molecular complexity index is 597. The first-order valence-corrected chi connectivity index (χ1v) is 9.19. The molecule has 0 spiro atoms. The van der Waals surface area contributed by atoms with Crippen molar-refractivity contribution in [2.24, 2.45) is 0 Å². The number of aromatic nitrogens is 1. The van der Waals surface area contributed by atoms with Gasteiger partial charge in [0, 0.05) is 38.3 Å². The smallest absolute Gasteiger partial charge is 0.410 e. The van der Waals surface area contributed by atoms with Crippen LogP contribution in [0.1, 0.15) is 47.5 Å². The molecule has 8 heteroatoms. The maximum atomic E-state index is 13.1. The van der Waals surface area contributed by atoms with Crippen LogP contribution in [0.25, 0.3) is 0 Å². The topological polar surface area (TPSA) is 79.1 Å². The molecule has 0 aliphatic carbocycles. The quantitative estimate of drug-likeness (QED) is 0.820. The first-order valence-electron chi connectivity index (χ1n) is 9.19. The molecule has 146 valence electrons. The minimum atomic E-state index is -0.529. The van der Waals surface area contributed by atoms with Crippen LogP contribution in [0.3, 0.4) is 0 Å². The number of anilines is 1. The summed E-state index contributed by atoms with van der Waals surface area (Å²) in [5, 5.41) is 3.72. The van der Waals surface area contributed by atoms with E-state index in [1.807, 2.05) is 34.6 Å². The third-order valence-electron chi connectivity index (χ3n) is 4.32. The van der Waals surface area contributed by atoms with Crippen molar-refractivity contribution in [3.8, 4) is 0 Å². The van der Waals surface area contributed by atoms with Crippen LogP contribution in [0, 0.1) is 0 Å². The maximum Gasteiger partial charge on any atom is 0.410 e. The van der Waals surface area contributed by atoms with Gasteiger partial charge < -0.3 is 19.1 Å². The van der Waals surface area contributed by atoms with E-state index in [0.29, 0.717) is 38.5 Å². The Morgan fingerprint density at radius 3 is 2.50 bits per heavy atom. The highest BCUT2D eigenvalue weighted by atomic mass is 16.6. The highest BCUT2D eigenvalue weighted by Crippen LogP contribution is 2.21. The summed E-state index contributed by atoms with van der Waals surface area (Å²) in [5.41, 5.74) is -0.529. The molecule has 0 saturated carbocycles. The second-order valence-corrected chi connectivity index (χ2v) is 7.57. The fourth-order valence-corrected chi connectivity index (χ4v) is 2.79. The molecule has 0 bridgehead atoms. The van der Waals surface area contributed by atoms with Crippen LogP contribution in [-0.4, -0.2) is 64.9 Å². The lowest BCUT2D eigenvalue weighted by molar-refractivity contribution is 0.0259. The zero-order valence-electron chi connectivity index (χ0n) is 16.4. The number of nitrogens with zero attached hydrogens (tertiary/aromatic N) is 4. The van der Waals surface area contributed by atoms with E-state index in [1.54, 1.807) is 20.8 Å². The average Bonchev–Trinajstić information content (AvgIpc) is 2.95. The Labute approximate surface area is 155 Å². The summed E-state index contributed by atoms with van der Waals surface area (Å²) >= 11 is 0. The summed E-state index contributed by atoms with van der Waals surface area (Å²) in [6, 6.07) is 1.55. The van der Waals surface area contributed by atoms with Crippen molar-refractivity contribution in [2.75, 3.05) is 31.1 Å². The van der Waals surface area contributed by atoms with E-state index in [1.165, 1.54) is 6.20 Å². The molecule has 0 radical (unpaired) electrons. The second-order valence-electron chi connectivity index (χ2n) is 7.57. The summed E-state index contributed by atoms with van der Waals surface area (Å²) in [6.45, 7) is 11.6. The molecule has 1 fully saturated rings. The molecule has 0 N–H and O–H groups in total. The van der Waals surface area contributed by atoms with Crippen LogP contribution >= 0.6 is 0 Å². The van der Waals surface area contributed by atoms with Gasteiger partial charge in [-0.25, -0.2) is 9.59 Å². The van der Waals surface area contributed by atoms with Crippen molar-refractivity contribution in [3.05, 3.63) is 12.3 Å². The summed E-state index contributed by atoms with van der Waals surface area (Å²) in [6.07, 6.45) is 2.70. The van der Waals surface area contributed by atoms with E-state index < -0.39 is 5.60 Å². The number of rotatable bonds is 3. The van der Waals surface area contributed by atoms with Crippen LogP contribution in [0.2, 0.25) is 0 Å². The fourth-order valence-electron chi connectivity index (χ4n) is 2.79. The summed E-state index contributed by atoms with van der Waals surface area (Å²) in [7, 11) is 0. The van der Waals surface area contributed by atoms with Crippen molar-refractivity contribution in [1.82, 2.24) is 15.0 Å². The first-order chi connectivity index (χ1) is 12.2. The lowest BCUT2D eigenvalue weighted by atomic mass is 10.2. The van der Waals surface area contributed by atoms with Crippen LogP contribution in [-0.2, 0) is 4.74 Å². The fraction of sp³-hybridized carbons (Fsp3) is 0.722. The third-order valence-corrected chi connectivity index (χ3v) is 4.32. The Kier molecular flexibility index (Phi) is 6.50. The van der Waals surface area contributed by atoms with E-state index in [9.17, 15) is 9.59 Å². The molecule has 2 heterocycles. The standard InChI is InChI=1S/C18H30N4O4/c1-6-14(2)22(15-8-9-19-26-15)16(23)20-10-7-11-21(13-12-20)17(24)25-18(3,4)5/h8-9,14H,6-7,10-13H2,1-5H3. The molecule has 1 aliphatic rings. The number of hydrogen-bond acceptors (Lipinski definition) is 5. The molecule has 26 heavy (non-hydrogen) atoms. The molecular weight excluding hydrogens is 336 g/mol. The lowest BCUT2D eigenvalue weighted by Gasteiger charge is -2.31. The number of ether oxygens (including phenoxy) is 1. The van der Waals surface area contributed by atoms with E-state index in [-0.39, 0.29) is 18.2 Å². The van der Waals surface area contributed by atoms with E-state index in [4.69, 9.17) is 9.26 Å². The predicted molar refractivity (Wildman–Crippen MR) is 98.1 cm³/mol. The monoisotopic (exact) mass is 366 g/mol. The zero-order valence-corrected chi connectivity index (χ0v) is 16.4. The highest BCUT2D eigenvalue weighted by molar-refractivity contribution is 5.91. The number of hydrogen-bond donors (Lipinski definition) is 0. The van der Waals surface area contributed by atoms with Gasteiger partial charge in [0.05, 0.1) is 6.20 Å².